The first-order chi connectivity index (χ1) is 8.81. The second-order valence-corrected chi connectivity index (χ2v) is 4.52. The van der Waals surface area contributed by atoms with Gasteiger partial charge in [0.15, 0.2) is 5.65 Å². The van der Waals surface area contributed by atoms with Crippen molar-refractivity contribution in [3.05, 3.63) is 42.9 Å². The smallest absolute Gasteiger partial charge is 0.160 e. The molecule has 0 aliphatic rings. The van der Waals surface area contributed by atoms with Crippen LogP contribution in [0.15, 0.2) is 37.1 Å². The molecule has 2 rings (SSSR count). The van der Waals surface area contributed by atoms with Gasteiger partial charge in [0.1, 0.15) is 5.82 Å². The first kappa shape index (κ1) is 12.8. The van der Waals surface area contributed by atoms with Crippen molar-refractivity contribution in [2.45, 2.75) is 32.2 Å². The van der Waals surface area contributed by atoms with Crippen molar-refractivity contribution in [2.75, 3.05) is 6.54 Å². The zero-order valence-corrected chi connectivity index (χ0v) is 10.8. The minimum Gasteiger partial charge on any atom is -0.314 e. The minimum absolute atomic E-state index is 0.516. The monoisotopic (exact) mass is 244 g/mol. The number of nitrogens with zero attached hydrogens (tertiary/aromatic N) is 3. The van der Waals surface area contributed by atoms with E-state index in [0.717, 1.165) is 37.3 Å². The number of pyridine rings is 1. The van der Waals surface area contributed by atoms with Crippen molar-refractivity contribution >= 4 is 5.65 Å². The van der Waals surface area contributed by atoms with Gasteiger partial charge in [0.25, 0.3) is 0 Å². The van der Waals surface area contributed by atoms with Gasteiger partial charge in [-0.1, -0.05) is 12.1 Å². The summed E-state index contributed by atoms with van der Waals surface area (Å²) < 4.78 is 2.04. The van der Waals surface area contributed by atoms with Crippen LogP contribution in [-0.2, 0) is 6.42 Å². The average molecular weight is 244 g/mol. The van der Waals surface area contributed by atoms with Crippen LogP contribution in [0.25, 0.3) is 5.65 Å². The summed E-state index contributed by atoms with van der Waals surface area (Å²) in [5, 5.41) is 11.8. The highest BCUT2D eigenvalue weighted by Gasteiger charge is 2.05. The fourth-order valence-corrected chi connectivity index (χ4v) is 1.96. The number of rotatable bonds is 7. The van der Waals surface area contributed by atoms with Crippen LogP contribution in [-0.4, -0.2) is 27.2 Å². The van der Waals surface area contributed by atoms with Crippen molar-refractivity contribution in [1.82, 2.24) is 19.9 Å². The molecule has 0 saturated carbocycles. The molecule has 0 aliphatic heterocycles. The van der Waals surface area contributed by atoms with E-state index in [2.05, 4.69) is 29.0 Å². The Balaban J connectivity index is 1.85. The van der Waals surface area contributed by atoms with Crippen molar-refractivity contribution in [1.29, 1.82) is 0 Å². The predicted molar refractivity (Wildman–Crippen MR) is 73.6 cm³/mol. The van der Waals surface area contributed by atoms with Crippen LogP contribution in [0.5, 0.6) is 0 Å². The maximum Gasteiger partial charge on any atom is 0.160 e. The zero-order chi connectivity index (χ0) is 12.8. The van der Waals surface area contributed by atoms with Crippen LogP contribution < -0.4 is 5.32 Å². The Bertz CT molecular complexity index is 503. The van der Waals surface area contributed by atoms with Crippen LogP contribution in [0, 0.1) is 0 Å². The Labute approximate surface area is 108 Å². The van der Waals surface area contributed by atoms with Crippen LogP contribution in [0.4, 0.5) is 0 Å². The average Bonchev–Trinajstić information content (AvgIpc) is 2.80. The van der Waals surface area contributed by atoms with Crippen molar-refractivity contribution < 1.29 is 0 Å². The lowest BCUT2D eigenvalue weighted by molar-refractivity contribution is 0.517. The third-order valence-electron chi connectivity index (χ3n) is 3.03. The summed E-state index contributed by atoms with van der Waals surface area (Å²) in [7, 11) is 0. The first-order valence-electron chi connectivity index (χ1n) is 6.44. The molecule has 2 aromatic rings. The summed E-state index contributed by atoms with van der Waals surface area (Å²) in [6.07, 6.45) is 7.05. The minimum atomic E-state index is 0.516. The molecule has 0 amide bonds. The molecule has 0 aliphatic carbocycles. The molecule has 0 bridgehead atoms. The van der Waals surface area contributed by atoms with Gasteiger partial charge < -0.3 is 5.32 Å². The summed E-state index contributed by atoms with van der Waals surface area (Å²) in [5.41, 5.74) is 0.909. The van der Waals surface area contributed by atoms with Crippen molar-refractivity contribution in [3.8, 4) is 0 Å². The topological polar surface area (TPSA) is 42.2 Å². The summed E-state index contributed by atoms with van der Waals surface area (Å²) in [6.45, 7) is 6.86. The van der Waals surface area contributed by atoms with Gasteiger partial charge in [-0.3, -0.25) is 4.40 Å². The zero-order valence-electron chi connectivity index (χ0n) is 10.8. The quantitative estimate of drug-likeness (QED) is 0.759. The lowest BCUT2D eigenvalue weighted by Gasteiger charge is -2.11. The molecule has 1 N–H and O–H groups in total. The summed E-state index contributed by atoms with van der Waals surface area (Å²) >= 11 is 0. The molecule has 0 aromatic carbocycles. The Morgan fingerprint density at radius 2 is 2.33 bits per heavy atom. The molecular formula is C14H20N4. The number of nitrogens with one attached hydrogen (secondary N) is 1. The number of fused-ring (bicyclic) bond motifs is 1. The molecule has 1 atom stereocenters. The molecule has 4 nitrogen and oxygen atoms in total. The SMILES string of the molecule is C=CCCC(C)NCCc1nnc2ccccn12. The maximum absolute atomic E-state index is 4.21. The van der Waals surface area contributed by atoms with E-state index in [-0.39, 0.29) is 0 Å². The highest BCUT2D eigenvalue weighted by Crippen LogP contribution is 2.03. The summed E-state index contributed by atoms with van der Waals surface area (Å²) in [6, 6.07) is 6.46. The fourth-order valence-electron chi connectivity index (χ4n) is 1.96. The summed E-state index contributed by atoms with van der Waals surface area (Å²) in [4.78, 5) is 0. The molecule has 0 radical (unpaired) electrons. The van der Waals surface area contributed by atoms with Crippen molar-refractivity contribution in [2.24, 2.45) is 0 Å². The van der Waals surface area contributed by atoms with E-state index in [1.807, 2.05) is 34.9 Å². The van der Waals surface area contributed by atoms with Gasteiger partial charge in [0.2, 0.25) is 0 Å². The van der Waals surface area contributed by atoms with E-state index in [9.17, 15) is 0 Å². The summed E-state index contributed by atoms with van der Waals surface area (Å²) in [5.74, 6) is 1.01. The molecule has 1 unspecified atom stereocenters. The fraction of sp³-hybridized carbons (Fsp3) is 0.429. The molecule has 2 aromatic heterocycles. The van der Waals surface area contributed by atoms with E-state index in [1.165, 1.54) is 0 Å². The Kier molecular flexibility index (Phi) is 4.47. The van der Waals surface area contributed by atoms with E-state index in [1.54, 1.807) is 0 Å². The standard InChI is InChI=1S/C14H20N4/c1-3-4-7-12(2)15-10-9-14-17-16-13-8-5-6-11-18(13)14/h3,5-6,8,11-12,15H,1,4,7,9-10H2,2H3. The Morgan fingerprint density at radius 3 is 3.17 bits per heavy atom. The predicted octanol–water partition coefficient (Wildman–Crippen LogP) is 2.22. The van der Waals surface area contributed by atoms with Gasteiger partial charge in [-0.2, -0.15) is 0 Å². The van der Waals surface area contributed by atoms with Crippen LogP contribution >= 0.6 is 0 Å². The van der Waals surface area contributed by atoms with Gasteiger partial charge in [-0.15, -0.1) is 16.8 Å². The Hall–Kier alpha value is -1.68. The second kappa shape index (κ2) is 6.31. The number of allylic oxidation sites excluding steroid dienone is 1. The molecule has 0 spiro atoms. The highest BCUT2D eigenvalue weighted by molar-refractivity contribution is 5.36. The largest absolute Gasteiger partial charge is 0.314 e. The van der Waals surface area contributed by atoms with E-state index in [0.29, 0.717) is 6.04 Å². The van der Waals surface area contributed by atoms with Gasteiger partial charge in [-0.05, 0) is 31.9 Å². The molecule has 18 heavy (non-hydrogen) atoms. The van der Waals surface area contributed by atoms with Crippen LogP contribution in [0.3, 0.4) is 0 Å². The van der Waals surface area contributed by atoms with Gasteiger partial charge in [-0.25, -0.2) is 0 Å². The van der Waals surface area contributed by atoms with E-state index in [4.69, 9.17) is 0 Å². The third kappa shape index (κ3) is 3.17. The Morgan fingerprint density at radius 1 is 1.44 bits per heavy atom. The van der Waals surface area contributed by atoms with Gasteiger partial charge >= 0.3 is 0 Å². The van der Waals surface area contributed by atoms with E-state index >= 15 is 0 Å². The highest BCUT2D eigenvalue weighted by atomic mass is 15.2. The second-order valence-electron chi connectivity index (χ2n) is 4.52. The van der Waals surface area contributed by atoms with Gasteiger partial charge in [0, 0.05) is 25.2 Å². The number of aromatic nitrogens is 3. The maximum atomic E-state index is 4.21. The van der Waals surface area contributed by atoms with Crippen LogP contribution in [0.2, 0.25) is 0 Å². The van der Waals surface area contributed by atoms with Crippen molar-refractivity contribution in [3.63, 3.8) is 0 Å². The lowest BCUT2D eigenvalue weighted by atomic mass is 10.2. The number of hydrogen-bond donors (Lipinski definition) is 1. The third-order valence-corrected chi connectivity index (χ3v) is 3.03. The normalized spacial score (nSPS) is 12.7. The molecular weight excluding hydrogens is 224 g/mol. The van der Waals surface area contributed by atoms with Gasteiger partial charge in [0.05, 0.1) is 0 Å². The molecule has 96 valence electrons. The van der Waals surface area contributed by atoms with E-state index < -0.39 is 0 Å². The molecule has 0 saturated heterocycles. The molecule has 2 heterocycles. The first-order valence-corrected chi connectivity index (χ1v) is 6.44. The van der Waals surface area contributed by atoms with Crippen LogP contribution in [0.1, 0.15) is 25.6 Å². The molecule has 0 fully saturated rings. The molecule has 4 heteroatoms. The number of hydrogen-bond acceptors (Lipinski definition) is 3. The lowest BCUT2D eigenvalue weighted by Crippen LogP contribution is -2.28.